The molecule has 0 bridgehead atoms. The van der Waals surface area contributed by atoms with Crippen molar-refractivity contribution in [2.45, 2.75) is 44.6 Å². The summed E-state index contributed by atoms with van der Waals surface area (Å²) in [6, 6.07) is 6.48. The molecule has 0 saturated carbocycles. The second-order valence-electron chi connectivity index (χ2n) is 6.32. The third-order valence-electron chi connectivity index (χ3n) is 3.82. The molecule has 19 heavy (non-hydrogen) atoms. The van der Waals surface area contributed by atoms with Gasteiger partial charge in [-0.2, -0.15) is 0 Å². The third kappa shape index (κ3) is 2.93. The summed E-state index contributed by atoms with van der Waals surface area (Å²) in [5, 5.41) is 0. The fourth-order valence-electron chi connectivity index (χ4n) is 2.98. The van der Waals surface area contributed by atoms with E-state index in [9.17, 15) is 0 Å². The number of hydrogen-bond donors (Lipinski definition) is 1. The lowest BCUT2D eigenvalue weighted by Crippen LogP contribution is -2.53. The molecular formula is C16H25NO2. The van der Waals surface area contributed by atoms with Crippen LogP contribution in [-0.2, 0) is 16.6 Å². The number of ether oxygens (including phenoxy) is 2. The van der Waals surface area contributed by atoms with Crippen LogP contribution in [-0.4, -0.2) is 25.9 Å². The Morgan fingerprint density at radius 1 is 1.37 bits per heavy atom. The molecule has 1 saturated heterocycles. The summed E-state index contributed by atoms with van der Waals surface area (Å²) in [6.45, 7) is 7.85. The molecule has 0 unspecified atom stereocenters. The molecule has 0 radical (unpaired) electrons. The lowest BCUT2D eigenvalue weighted by molar-refractivity contribution is -0.0719. The monoisotopic (exact) mass is 263 g/mol. The van der Waals surface area contributed by atoms with Gasteiger partial charge in [0, 0.05) is 11.0 Å². The van der Waals surface area contributed by atoms with E-state index in [1.807, 2.05) is 0 Å². The van der Waals surface area contributed by atoms with Crippen LogP contribution in [0, 0.1) is 0 Å². The number of benzene rings is 1. The van der Waals surface area contributed by atoms with Gasteiger partial charge in [-0.15, -0.1) is 0 Å². The molecule has 1 aromatic rings. The Kier molecular flexibility index (Phi) is 3.88. The molecule has 2 N–H and O–H groups in total. The van der Waals surface area contributed by atoms with Crippen LogP contribution >= 0.6 is 0 Å². The van der Waals surface area contributed by atoms with Crippen molar-refractivity contribution in [1.29, 1.82) is 0 Å². The van der Waals surface area contributed by atoms with Crippen LogP contribution in [0.4, 0.5) is 0 Å². The van der Waals surface area contributed by atoms with Gasteiger partial charge in [0.15, 0.2) is 0 Å². The number of rotatable bonds is 5. The van der Waals surface area contributed by atoms with Crippen LogP contribution < -0.4 is 10.5 Å². The predicted octanol–water partition coefficient (Wildman–Crippen LogP) is 2.65. The zero-order valence-corrected chi connectivity index (χ0v) is 12.5. The van der Waals surface area contributed by atoms with Crippen molar-refractivity contribution in [3.8, 4) is 5.75 Å². The highest BCUT2D eigenvalue weighted by molar-refractivity contribution is 5.41. The molecule has 3 heteroatoms. The minimum absolute atomic E-state index is 0.0778. The SMILES string of the molecule is CCc1cc(C2(CC(C)(C)N)COC2)ccc1OC. The number of methoxy groups -OCH3 is 1. The summed E-state index contributed by atoms with van der Waals surface area (Å²) < 4.78 is 10.9. The number of aryl methyl sites for hydroxylation is 1. The highest BCUT2D eigenvalue weighted by Crippen LogP contribution is 2.40. The summed E-state index contributed by atoms with van der Waals surface area (Å²) in [4.78, 5) is 0. The molecular weight excluding hydrogens is 238 g/mol. The van der Waals surface area contributed by atoms with Crippen LogP contribution in [0.3, 0.4) is 0 Å². The first-order chi connectivity index (χ1) is 8.90. The molecule has 2 rings (SSSR count). The minimum Gasteiger partial charge on any atom is -0.496 e. The van der Waals surface area contributed by atoms with Crippen LogP contribution in [0.2, 0.25) is 0 Å². The van der Waals surface area contributed by atoms with Crippen molar-refractivity contribution in [3.63, 3.8) is 0 Å². The second-order valence-corrected chi connectivity index (χ2v) is 6.32. The Balaban J connectivity index is 2.33. The van der Waals surface area contributed by atoms with E-state index >= 15 is 0 Å². The van der Waals surface area contributed by atoms with Crippen LogP contribution in [0.1, 0.15) is 38.3 Å². The smallest absolute Gasteiger partial charge is 0.122 e. The molecule has 1 heterocycles. The molecule has 0 aromatic heterocycles. The first-order valence-electron chi connectivity index (χ1n) is 6.94. The van der Waals surface area contributed by atoms with E-state index in [1.165, 1.54) is 11.1 Å². The maximum absolute atomic E-state index is 6.21. The van der Waals surface area contributed by atoms with Crippen LogP contribution in [0.5, 0.6) is 5.75 Å². The Labute approximate surface area is 116 Å². The fraction of sp³-hybridized carbons (Fsp3) is 0.625. The zero-order valence-electron chi connectivity index (χ0n) is 12.5. The maximum Gasteiger partial charge on any atom is 0.122 e. The van der Waals surface area contributed by atoms with Crippen molar-refractivity contribution < 1.29 is 9.47 Å². The van der Waals surface area contributed by atoms with Gasteiger partial charge in [-0.1, -0.05) is 19.1 Å². The second kappa shape index (κ2) is 5.14. The van der Waals surface area contributed by atoms with Crippen LogP contribution in [0.15, 0.2) is 18.2 Å². The molecule has 0 aliphatic carbocycles. The summed E-state index contributed by atoms with van der Waals surface area (Å²) in [7, 11) is 1.72. The van der Waals surface area contributed by atoms with Gasteiger partial charge in [0.05, 0.1) is 20.3 Å². The summed E-state index contributed by atoms with van der Waals surface area (Å²) in [5.74, 6) is 0.966. The lowest BCUT2D eigenvalue weighted by atomic mass is 9.70. The normalized spacial score (nSPS) is 17.9. The van der Waals surface area contributed by atoms with Crippen molar-refractivity contribution >= 4 is 0 Å². The lowest BCUT2D eigenvalue weighted by Gasteiger charge is -2.45. The predicted molar refractivity (Wildman–Crippen MR) is 77.8 cm³/mol. The Hall–Kier alpha value is -1.06. The molecule has 1 aliphatic heterocycles. The summed E-state index contributed by atoms with van der Waals surface area (Å²) in [6.07, 6.45) is 1.91. The first-order valence-corrected chi connectivity index (χ1v) is 6.94. The van der Waals surface area contributed by atoms with E-state index in [2.05, 4.69) is 39.0 Å². The van der Waals surface area contributed by atoms with E-state index < -0.39 is 0 Å². The standard InChI is InChI=1S/C16H25NO2/c1-5-12-8-13(6-7-14(12)18-4)16(10-19-11-16)9-15(2,3)17/h6-8H,5,9-11,17H2,1-4H3. The molecule has 1 fully saturated rings. The van der Waals surface area contributed by atoms with Gasteiger partial charge in [0.2, 0.25) is 0 Å². The summed E-state index contributed by atoms with van der Waals surface area (Å²) >= 11 is 0. The molecule has 1 aromatic carbocycles. The van der Waals surface area contributed by atoms with Gasteiger partial charge in [-0.3, -0.25) is 0 Å². The Bertz CT molecular complexity index is 445. The minimum atomic E-state index is -0.184. The van der Waals surface area contributed by atoms with Gasteiger partial charge >= 0.3 is 0 Å². The third-order valence-corrected chi connectivity index (χ3v) is 3.82. The molecule has 1 aliphatic rings. The van der Waals surface area contributed by atoms with E-state index in [-0.39, 0.29) is 11.0 Å². The van der Waals surface area contributed by atoms with Crippen molar-refractivity contribution in [2.24, 2.45) is 5.73 Å². The summed E-state index contributed by atoms with van der Waals surface area (Å²) in [5.41, 5.74) is 8.69. The molecule has 3 nitrogen and oxygen atoms in total. The molecule has 0 atom stereocenters. The van der Waals surface area contributed by atoms with E-state index in [4.69, 9.17) is 15.2 Å². The highest BCUT2D eigenvalue weighted by Gasteiger charge is 2.43. The van der Waals surface area contributed by atoms with Crippen LogP contribution in [0.25, 0.3) is 0 Å². The van der Waals surface area contributed by atoms with Gasteiger partial charge < -0.3 is 15.2 Å². The molecule has 0 spiro atoms. The van der Waals surface area contributed by atoms with Crippen molar-refractivity contribution in [2.75, 3.05) is 20.3 Å². The quantitative estimate of drug-likeness (QED) is 0.888. The largest absolute Gasteiger partial charge is 0.496 e. The van der Waals surface area contributed by atoms with Gasteiger partial charge in [-0.25, -0.2) is 0 Å². The first kappa shape index (κ1) is 14.4. The van der Waals surface area contributed by atoms with Crippen molar-refractivity contribution in [1.82, 2.24) is 0 Å². The fourth-order valence-corrected chi connectivity index (χ4v) is 2.98. The Morgan fingerprint density at radius 3 is 2.47 bits per heavy atom. The average Bonchev–Trinajstić information content (AvgIpc) is 2.32. The molecule has 0 amide bonds. The Morgan fingerprint density at radius 2 is 2.05 bits per heavy atom. The van der Waals surface area contributed by atoms with E-state index in [1.54, 1.807) is 7.11 Å². The van der Waals surface area contributed by atoms with E-state index in [0.29, 0.717) is 0 Å². The van der Waals surface area contributed by atoms with Gasteiger partial charge in [0.1, 0.15) is 5.75 Å². The number of nitrogens with two attached hydrogens (primary N) is 1. The van der Waals surface area contributed by atoms with Gasteiger partial charge in [0.25, 0.3) is 0 Å². The number of hydrogen-bond acceptors (Lipinski definition) is 3. The van der Waals surface area contributed by atoms with E-state index in [0.717, 1.165) is 31.8 Å². The van der Waals surface area contributed by atoms with Crippen molar-refractivity contribution in [3.05, 3.63) is 29.3 Å². The highest BCUT2D eigenvalue weighted by atomic mass is 16.5. The zero-order chi connectivity index (χ0) is 14.1. The van der Waals surface area contributed by atoms with Gasteiger partial charge in [-0.05, 0) is 43.9 Å². The maximum atomic E-state index is 6.21. The average molecular weight is 263 g/mol. The molecule has 106 valence electrons. The topological polar surface area (TPSA) is 44.5 Å².